The van der Waals surface area contributed by atoms with Crippen LogP contribution in [0.25, 0.3) is 0 Å². The molecule has 0 fully saturated rings. The van der Waals surface area contributed by atoms with Gasteiger partial charge in [0.05, 0.1) is 6.54 Å². The smallest absolute Gasteiger partial charge is 0.139 e. The average Bonchev–Trinajstić information content (AvgIpc) is 2.17. The molecule has 0 atom stereocenters. The van der Waals surface area contributed by atoms with Crippen molar-refractivity contribution in [2.45, 2.75) is 19.8 Å². The fourth-order valence-corrected chi connectivity index (χ4v) is 1.24. The van der Waals surface area contributed by atoms with Crippen LogP contribution < -0.4 is 5.32 Å². The number of rotatable bonds is 5. The van der Waals surface area contributed by atoms with Crippen LogP contribution in [0.5, 0.6) is 0 Å². The minimum absolute atomic E-state index is 0.382. The first kappa shape index (κ1) is 9.78. The number of benzene rings is 1. The second kappa shape index (κ2) is 5.36. The Bertz CT molecular complexity index is 253. The molecule has 0 unspecified atom stereocenters. The van der Waals surface area contributed by atoms with Crippen LogP contribution >= 0.6 is 0 Å². The monoisotopic (exact) mass is 177 g/mol. The van der Waals surface area contributed by atoms with Gasteiger partial charge in [0, 0.05) is 5.69 Å². The number of aldehydes is 1. The van der Waals surface area contributed by atoms with Gasteiger partial charge in [-0.3, -0.25) is 0 Å². The number of hydrogen-bond acceptors (Lipinski definition) is 2. The van der Waals surface area contributed by atoms with Gasteiger partial charge in [-0.2, -0.15) is 0 Å². The fraction of sp³-hybridized carbons (Fsp3) is 0.364. The molecule has 0 aliphatic carbocycles. The second-order valence-corrected chi connectivity index (χ2v) is 2.99. The van der Waals surface area contributed by atoms with Gasteiger partial charge in [0.15, 0.2) is 0 Å². The third kappa shape index (κ3) is 3.28. The number of carbonyl (C=O) groups is 1. The van der Waals surface area contributed by atoms with Gasteiger partial charge >= 0.3 is 0 Å². The van der Waals surface area contributed by atoms with Gasteiger partial charge in [-0.15, -0.1) is 0 Å². The zero-order valence-corrected chi connectivity index (χ0v) is 7.92. The highest BCUT2D eigenvalue weighted by molar-refractivity contribution is 5.59. The third-order valence-corrected chi connectivity index (χ3v) is 1.88. The van der Waals surface area contributed by atoms with E-state index >= 15 is 0 Å². The molecule has 0 spiro atoms. The first-order valence-electron chi connectivity index (χ1n) is 4.63. The molecule has 1 N–H and O–H groups in total. The Morgan fingerprint density at radius 2 is 2.00 bits per heavy atom. The molecule has 0 aromatic heterocycles. The molecule has 2 nitrogen and oxygen atoms in total. The topological polar surface area (TPSA) is 29.1 Å². The molecular weight excluding hydrogens is 162 g/mol. The maximum atomic E-state index is 10.1. The number of carbonyl (C=O) groups excluding carboxylic acids is 1. The fourth-order valence-electron chi connectivity index (χ4n) is 1.24. The van der Waals surface area contributed by atoms with E-state index in [1.54, 1.807) is 0 Å². The predicted octanol–water partition coefficient (Wildman–Crippen LogP) is 2.25. The summed E-state index contributed by atoms with van der Waals surface area (Å²) in [5.41, 5.74) is 2.35. The maximum absolute atomic E-state index is 10.1. The predicted molar refractivity (Wildman–Crippen MR) is 55.0 cm³/mol. The van der Waals surface area contributed by atoms with Crippen molar-refractivity contribution in [3.05, 3.63) is 29.8 Å². The highest BCUT2D eigenvalue weighted by Crippen LogP contribution is 2.10. The van der Waals surface area contributed by atoms with Crippen molar-refractivity contribution in [1.29, 1.82) is 0 Å². The van der Waals surface area contributed by atoms with Crippen molar-refractivity contribution in [2.75, 3.05) is 11.9 Å². The van der Waals surface area contributed by atoms with E-state index in [2.05, 4.69) is 24.4 Å². The molecule has 0 amide bonds. The maximum Gasteiger partial charge on any atom is 0.139 e. The van der Waals surface area contributed by atoms with Crippen molar-refractivity contribution >= 4 is 12.0 Å². The van der Waals surface area contributed by atoms with Crippen molar-refractivity contribution in [3.63, 3.8) is 0 Å². The quantitative estimate of drug-likeness (QED) is 0.699. The normalized spacial score (nSPS) is 9.62. The van der Waals surface area contributed by atoms with Crippen LogP contribution in [0.1, 0.15) is 18.9 Å². The highest BCUT2D eigenvalue weighted by Gasteiger charge is 1.92. The van der Waals surface area contributed by atoms with E-state index in [4.69, 9.17) is 0 Å². The third-order valence-electron chi connectivity index (χ3n) is 1.88. The molecule has 13 heavy (non-hydrogen) atoms. The van der Waals surface area contributed by atoms with Gasteiger partial charge in [0.25, 0.3) is 0 Å². The van der Waals surface area contributed by atoms with Crippen LogP contribution in [0, 0.1) is 0 Å². The van der Waals surface area contributed by atoms with Gasteiger partial charge in [-0.05, 0) is 24.1 Å². The minimum Gasteiger partial charge on any atom is -0.378 e. The molecule has 0 bridgehead atoms. The van der Waals surface area contributed by atoms with Crippen molar-refractivity contribution in [1.82, 2.24) is 0 Å². The number of hydrogen-bond donors (Lipinski definition) is 1. The summed E-state index contributed by atoms with van der Waals surface area (Å²) in [5.74, 6) is 0. The van der Waals surface area contributed by atoms with Crippen molar-refractivity contribution < 1.29 is 4.79 Å². The molecule has 0 aliphatic heterocycles. The molecule has 0 saturated carbocycles. The Morgan fingerprint density at radius 3 is 2.54 bits per heavy atom. The average molecular weight is 177 g/mol. The van der Waals surface area contributed by atoms with Gasteiger partial charge in [0.1, 0.15) is 6.29 Å². The summed E-state index contributed by atoms with van der Waals surface area (Å²) < 4.78 is 0. The molecule has 2 heteroatoms. The van der Waals surface area contributed by atoms with E-state index in [1.807, 2.05) is 12.1 Å². The minimum atomic E-state index is 0.382. The lowest BCUT2D eigenvalue weighted by atomic mass is 10.1. The van der Waals surface area contributed by atoms with Crippen molar-refractivity contribution in [2.24, 2.45) is 0 Å². The SMILES string of the molecule is CCCc1ccc(NCC=O)cc1. The largest absolute Gasteiger partial charge is 0.378 e. The Hall–Kier alpha value is -1.31. The van der Waals surface area contributed by atoms with E-state index in [-0.39, 0.29) is 0 Å². The Kier molecular flexibility index (Phi) is 4.03. The Labute approximate surface area is 79.0 Å². The summed E-state index contributed by atoms with van der Waals surface area (Å²) in [6.45, 7) is 2.55. The molecule has 1 aromatic carbocycles. The zero-order chi connectivity index (χ0) is 9.52. The summed E-state index contributed by atoms with van der Waals surface area (Å²) in [6, 6.07) is 8.20. The summed E-state index contributed by atoms with van der Waals surface area (Å²) in [4.78, 5) is 10.1. The lowest BCUT2D eigenvalue weighted by Crippen LogP contribution is -2.01. The Balaban J connectivity index is 2.53. The molecule has 70 valence electrons. The first-order chi connectivity index (χ1) is 6.36. The molecule has 0 heterocycles. The van der Waals surface area contributed by atoms with E-state index < -0.39 is 0 Å². The first-order valence-corrected chi connectivity index (χ1v) is 4.63. The summed E-state index contributed by atoms with van der Waals surface area (Å²) >= 11 is 0. The van der Waals surface area contributed by atoms with Crippen LogP contribution in [-0.4, -0.2) is 12.8 Å². The van der Waals surface area contributed by atoms with Gasteiger partial charge in [-0.25, -0.2) is 0 Å². The zero-order valence-electron chi connectivity index (χ0n) is 7.92. The van der Waals surface area contributed by atoms with Crippen LogP contribution in [0.2, 0.25) is 0 Å². The standard InChI is InChI=1S/C11H15NO/c1-2-3-10-4-6-11(7-5-10)12-8-9-13/h4-7,9,12H,2-3,8H2,1H3. The molecular formula is C11H15NO. The summed E-state index contributed by atoms with van der Waals surface area (Å²) in [5, 5.41) is 3.00. The Morgan fingerprint density at radius 1 is 1.31 bits per heavy atom. The van der Waals surface area contributed by atoms with Gasteiger partial charge in [-0.1, -0.05) is 25.5 Å². The molecule has 0 aliphatic rings. The molecule has 0 saturated heterocycles. The van der Waals surface area contributed by atoms with E-state index in [9.17, 15) is 4.79 Å². The molecule has 1 aromatic rings. The molecule has 1 rings (SSSR count). The number of nitrogens with one attached hydrogen (secondary N) is 1. The highest BCUT2D eigenvalue weighted by atomic mass is 16.1. The lowest BCUT2D eigenvalue weighted by molar-refractivity contribution is -0.106. The second-order valence-electron chi connectivity index (χ2n) is 2.99. The molecule has 0 radical (unpaired) electrons. The summed E-state index contributed by atoms with van der Waals surface area (Å²) in [6.07, 6.45) is 3.15. The number of anilines is 1. The van der Waals surface area contributed by atoms with Crippen LogP contribution in [-0.2, 0) is 11.2 Å². The van der Waals surface area contributed by atoms with E-state index in [1.165, 1.54) is 12.0 Å². The van der Waals surface area contributed by atoms with Crippen molar-refractivity contribution in [3.8, 4) is 0 Å². The van der Waals surface area contributed by atoms with E-state index in [0.29, 0.717) is 6.54 Å². The summed E-state index contributed by atoms with van der Waals surface area (Å²) in [7, 11) is 0. The van der Waals surface area contributed by atoms with Crippen LogP contribution in [0.3, 0.4) is 0 Å². The number of aryl methyl sites for hydroxylation is 1. The van der Waals surface area contributed by atoms with Crippen LogP contribution in [0.15, 0.2) is 24.3 Å². The van der Waals surface area contributed by atoms with Crippen LogP contribution in [0.4, 0.5) is 5.69 Å². The van der Waals surface area contributed by atoms with Gasteiger partial charge in [0.2, 0.25) is 0 Å². The van der Waals surface area contributed by atoms with E-state index in [0.717, 1.165) is 18.4 Å². The van der Waals surface area contributed by atoms with Gasteiger partial charge < -0.3 is 10.1 Å². The lowest BCUT2D eigenvalue weighted by Gasteiger charge is -2.03.